The monoisotopic (exact) mass is 490 g/mol. The van der Waals surface area contributed by atoms with Crippen molar-refractivity contribution in [1.82, 2.24) is 15.5 Å². The van der Waals surface area contributed by atoms with Gasteiger partial charge in [0.2, 0.25) is 0 Å². The number of thioether (sulfide) groups is 1. The van der Waals surface area contributed by atoms with Crippen molar-refractivity contribution >= 4 is 41.7 Å². The van der Waals surface area contributed by atoms with E-state index >= 15 is 0 Å². The first-order chi connectivity index (χ1) is 12.0. The molecule has 1 aliphatic rings. The van der Waals surface area contributed by atoms with Gasteiger partial charge in [0.25, 0.3) is 0 Å². The smallest absolute Gasteiger partial charge is 0.191 e. The number of nitrogens with one attached hydrogen (secondary N) is 2. The molecule has 1 fully saturated rings. The van der Waals surface area contributed by atoms with Gasteiger partial charge in [-0.1, -0.05) is 30.7 Å². The Morgan fingerprint density at radius 2 is 1.77 bits per heavy atom. The van der Waals surface area contributed by atoms with Gasteiger partial charge in [0.15, 0.2) is 5.96 Å². The first-order valence-corrected chi connectivity index (χ1v) is 10.6. The Balaban J connectivity index is 0.00000338. The third-order valence-electron chi connectivity index (χ3n) is 4.87. The summed E-state index contributed by atoms with van der Waals surface area (Å²) in [6, 6.07) is 8.77. The summed E-state index contributed by atoms with van der Waals surface area (Å²) >= 11 is 1.87. The van der Waals surface area contributed by atoms with Gasteiger partial charge in [-0.05, 0) is 57.2 Å². The van der Waals surface area contributed by atoms with Crippen LogP contribution in [0.1, 0.15) is 44.2 Å². The van der Waals surface area contributed by atoms with Gasteiger partial charge in [-0.2, -0.15) is 11.8 Å². The number of rotatable bonds is 7. The quantitative estimate of drug-likeness (QED) is 0.343. The van der Waals surface area contributed by atoms with Crippen LogP contribution in [0.4, 0.5) is 0 Å². The number of guanidine groups is 1. The van der Waals surface area contributed by atoms with Crippen LogP contribution >= 0.6 is 35.7 Å². The molecular weight excluding hydrogens is 455 g/mol. The van der Waals surface area contributed by atoms with Crippen LogP contribution in [0.25, 0.3) is 0 Å². The topological polar surface area (TPSA) is 39.7 Å². The number of benzene rings is 1. The molecule has 0 radical (unpaired) electrons. The van der Waals surface area contributed by atoms with Gasteiger partial charge < -0.3 is 10.6 Å². The molecule has 0 aliphatic carbocycles. The summed E-state index contributed by atoms with van der Waals surface area (Å²) in [6.45, 7) is 9.71. The molecule has 0 unspecified atom stereocenters. The zero-order valence-electron chi connectivity index (χ0n) is 16.7. The molecule has 1 aromatic rings. The molecule has 1 saturated heterocycles. The number of likely N-dealkylation sites (tertiary alicyclic amines) is 1. The molecule has 4 nitrogen and oxygen atoms in total. The highest BCUT2D eigenvalue weighted by Gasteiger charge is 2.16. The highest BCUT2D eigenvalue weighted by atomic mass is 127. The standard InChI is InChI=1S/C20H34N4S.HI/c1-20(2,25-4)16-23-19(21-3)22-14-17-10-6-7-11-18(17)15-24-12-8-5-9-13-24;/h6-7,10-11H,5,8-9,12-16H2,1-4H3,(H2,21,22,23);1H. The molecule has 0 atom stereocenters. The van der Waals surface area contributed by atoms with Crippen LogP contribution in [0.5, 0.6) is 0 Å². The maximum atomic E-state index is 4.36. The molecule has 1 heterocycles. The number of piperidine rings is 1. The average Bonchev–Trinajstić information content (AvgIpc) is 2.64. The Morgan fingerprint density at radius 1 is 1.12 bits per heavy atom. The molecule has 148 valence electrons. The summed E-state index contributed by atoms with van der Waals surface area (Å²) in [5.74, 6) is 0.870. The minimum atomic E-state index is 0. The second-order valence-corrected chi connectivity index (χ2v) is 8.86. The summed E-state index contributed by atoms with van der Waals surface area (Å²) in [4.78, 5) is 6.94. The fraction of sp³-hybridized carbons (Fsp3) is 0.650. The largest absolute Gasteiger partial charge is 0.355 e. The summed E-state index contributed by atoms with van der Waals surface area (Å²) in [5.41, 5.74) is 2.79. The number of hydrogen-bond donors (Lipinski definition) is 2. The van der Waals surface area contributed by atoms with Crippen molar-refractivity contribution in [2.24, 2.45) is 4.99 Å². The van der Waals surface area contributed by atoms with E-state index in [1.165, 1.54) is 43.5 Å². The first-order valence-electron chi connectivity index (χ1n) is 9.33. The minimum Gasteiger partial charge on any atom is -0.355 e. The Morgan fingerprint density at radius 3 is 2.38 bits per heavy atom. The van der Waals surface area contributed by atoms with Gasteiger partial charge in [-0.3, -0.25) is 9.89 Å². The second kappa shape index (κ2) is 12.1. The Labute approximate surface area is 181 Å². The minimum absolute atomic E-state index is 0. The lowest BCUT2D eigenvalue weighted by atomic mass is 10.0. The molecule has 1 aliphatic heterocycles. The van der Waals surface area contributed by atoms with E-state index in [9.17, 15) is 0 Å². The second-order valence-electron chi connectivity index (χ2n) is 7.35. The molecule has 1 aromatic carbocycles. The molecule has 0 amide bonds. The SMILES string of the molecule is CN=C(NCc1ccccc1CN1CCCCC1)NCC(C)(C)SC.I. The summed E-state index contributed by atoms with van der Waals surface area (Å²) in [5, 5.41) is 6.91. The highest BCUT2D eigenvalue weighted by Crippen LogP contribution is 2.19. The predicted molar refractivity (Wildman–Crippen MR) is 127 cm³/mol. The van der Waals surface area contributed by atoms with E-state index in [-0.39, 0.29) is 28.7 Å². The van der Waals surface area contributed by atoms with Crippen LogP contribution < -0.4 is 10.6 Å². The third-order valence-corrected chi connectivity index (χ3v) is 6.11. The van der Waals surface area contributed by atoms with Crippen LogP contribution in [0.2, 0.25) is 0 Å². The maximum Gasteiger partial charge on any atom is 0.191 e. The number of hydrogen-bond acceptors (Lipinski definition) is 3. The lowest BCUT2D eigenvalue weighted by Gasteiger charge is -2.27. The molecule has 0 spiro atoms. The van der Waals surface area contributed by atoms with Crippen LogP contribution in [0, 0.1) is 0 Å². The predicted octanol–water partition coefficient (Wildman–Crippen LogP) is 4.10. The molecule has 0 aromatic heterocycles. The zero-order valence-corrected chi connectivity index (χ0v) is 19.8. The van der Waals surface area contributed by atoms with E-state index in [4.69, 9.17) is 0 Å². The van der Waals surface area contributed by atoms with Gasteiger partial charge in [-0.25, -0.2) is 0 Å². The van der Waals surface area contributed by atoms with Crippen molar-refractivity contribution in [2.75, 3.05) is 32.9 Å². The van der Waals surface area contributed by atoms with Crippen molar-refractivity contribution in [3.8, 4) is 0 Å². The number of nitrogens with zero attached hydrogens (tertiary/aromatic N) is 2. The maximum absolute atomic E-state index is 4.36. The first kappa shape index (κ1) is 23.6. The molecule has 6 heteroatoms. The Hall–Kier alpha value is -0.470. The average molecular weight is 490 g/mol. The van der Waals surface area contributed by atoms with Gasteiger partial charge in [-0.15, -0.1) is 24.0 Å². The lowest BCUT2D eigenvalue weighted by Crippen LogP contribution is -2.43. The van der Waals surface area contributed by atoms with Gasteiger partial charge in [0, 0.05) is 31.4 Å². The van der Waals surface area contributed by atoms with Gasteiger partial charge in [0.1, 0.15) is 0 Å². The van der Waals surface area contributed by atoms with Crippen molar-refractivity contribution in [3.05, 3.63) is 35.4 Å². The van der Waals surface area contributed by atoms with Crippen molar-refractivity contribution < 1.29 is 0 Å². The van der Waals surface area contributed by atoms with E-state index in [2.05, 4.69) is 64.9 Å². The van der Waals surface area contributed by atoms with Crippen molar-refractivity contribution in [1.29, 1.82) is 0 Å². The van der Waals surface area contributed by atoms with Gasteiger partial charge >= 0.3 is 0 Å². The molecule has 0 bridgehead atoms. The Kier molecular flexibility index (Phi) is 11.0. The van der Waals surface area contributed by atoms with Crippen LogP contribution in [-0.2, 0) is 13.1 Å². The molecule has 0 saturated carbocycles. The summed E-state index contributed by atoms with van der Waals surface area (Å²) < 4.78 is 0.198. The highest BCUT2D eigenvalue weighted by molar-refractivity contribution is 14.0. The Bertz CT molecular complexity index is 556. The van der Waals surface area contributed by atoms with E-state index in [0.717, 1.165) is 25.6 Å². The molecule has 26 heavy (non-hydrogen) atoms. The zero-order chi connectivity index (χ0) is 18.1. The normalized spacial score (nSPS) is 16.1. The van der Waals surface area contributed by atoms with Gasteiger partial charge in [0.05, 0.1) is 0 Å². The van der Waals surface area contributed by atoms with Crippen LogP contribution in [-0.4, -0.2) is 48.5 Å². The lowest BCUT2D eigenvalue weighted by molar-refractivity contribution is 0.220. The number of aliphatic imine (C=N–C) groups is 1. The van der Waals surface area contributed by atoms with E-state index in [0.29, 0.717) is 0 Å². The third kappa shape index (κ3) is 8.05. The molecule has 2 N–H and O–H groups in total. The van der Waals surface area contributed by atoms with Crippen LogP contribution in [0.3, 0.4) is 0 Å². The summed E-state index contributed by atoms with van der Waals surface area (Å²) in [6.07, 6.45) is 6.20. The molecular formula is C20H35IN4S. The summed E-state index contributed by atoms with van der Waals surface area (Å²) in [7, 11) is 1.83. The van der Waals surface area contributed by atoms with E-state index in [1.807, 2.05) is 18.8 Å². The van der Waals surface area contributed by atoms with Crippen molar-refractivity contribution in [3.63, 3.8) is 0 Å². The fourth-order valence-electron chi connectivity index (χ4n) is 3.01. The molecule has 2 rings (SSSR count). The van der Waals surface area contributed by atoms with E-state index < -0.39 is 0 Å². The van der Waals surface area contributed by atoms with Crippen LogP contribution in [0.15, 0.2) is 29.3 Å². The van der Waals surface area contributed by atoms with E-state index in [1.54, 1.807) is 0 Å². The fourth-order valence-corrected chi connectivity index (χ4v) is 3.23. The van der Waals surface area contributed by atoms with Crippen molar-refractivity contribution in [2.45, 2.75) is 50.9 Å². The number of halogens is 1.